The summed E-state index contributed by atoms with van der Waals surface area (Å²) in [5.41, 5.74) is 16.3. The molecule has 8 N–H and O–H groups in total. The summed E-state index contributed by atoms with van der Waals surface area (Å²) in [6.07, 6.45) is 0.637. The third-order valence-corrected chi connectivity index (χ3v) is 5.18. The van der Waals surface area contributed by atoms with Crippen LogP contribution >= 0.6 is 11.6 Å². The molecule has 2 aromatic heterocycles. The van der Waals surface area contributed by atoms with Crippen LogP contribution in [-0.2, 0) is 13.0 Å². The van der Waals surface area contributed by atoms with Gasteiger partial charge in [0.15, 0.2) is 0 Å². The first kappa shape index (κ1) is 26.8. The van der Waals surface area contributed by atoms with Crippen molar-refractivity contribution in [1.82, 2.24) is 24.8 Å². The number of aliphatic hydroxyl groups is 1. The number of halogens is 1. The highest BCUT2D eigenvalue weighted by Gasteiger charge is 2.14. The average Bonchev–Trinajstić information content (AvgIpc) is 2.76. The number of benzene rings is 1. The molecule has 1 unspecified atom stereocenters. The quantitative estimate of drug-likeness (QED) is 0.325. The Hall–Kier alpha value is -3.46. The molecule has 12 heteroatoms. The molecule has 3 aromatic rings. The second-order valence-electron chi connectivity index (χ2n) is 7.82. The molecule has 34 heavy (non-hydrogen) atoms. The number of nitrogens with one attached hydrogen (secondary N) is 1. The van der Waals surface area contributed by atoms with Gasteiger partial charge in [-0.25, -0.2) is 4.98 Å². The van der Waals surface area contributed by atoms with Crippen molar-refractivity contribution in [3.05, 3.63) is 45.0 Å². The fraction of sp³-hybridized carbons (Fsp3) is 0.409. The SMILES string of the molecule is CCc1nc2cccc(Cl)c2c(=O)n1CCC(O)CNC(C)C.N#Cc1c(N)nc(N)nc1N. The standard InChI is InChI=1S/C17H24ClN3O2.C5H6N6/c1-4-15-20-14-7-5-6-13(18)16(14)17(23)21(15)9-8-12(22)10-19-11(2)3;6-1-2-3(7)10-5(9)11-4(2)8/h5-7,11-12,19,22H,4,8-10H2,1-3H3;(H6,7,8,9,10,11). The lowest BCUT2D eigenvalue weighted by molar-refractivity contribution is 0.152. The molecular formula is C22H30ClN9O2. The van der Waals surface area contributed by atoms with Crippen molar-refractivity contribution in [1.29, 1.82) is 5.26 Å². The zero-order chi connectivity index (χ0) is 25.4. The number of nitrogen functional groups attached to an aromatic ring is 3. The van der Waals surface area contributed by atoms with Crippen molar-refractivity contribution in [2.75, 3.05) is 23.7 Å². The first-order valence-corrected chi connectivity index (χ1v) is 11.1. The Morgan fingerprint density at radius 1 is 1.21 bits per heavy atom. The number of aliphatic hydroxyl groups excluding tert-OH is 1. The third kappa shape index (κ3) is 6.77. The number of anilines is 3. The number of hydrogen-bond donors (Lipinski definition) is 5. The number of nitrogens with zero attached hydrogens (tertiary/aromatic N) is 5. The van der Waals surface area contributed by atoms with Gasteiger partial charge in [0.2, 0.25) is 5.95 Å². The number of aryl methyl sites for hydroxylation is 1. The van der Waals surface area contributed by atoms with Crippen LogP contribution in [0, 0.1) is 11.3 Å². The van der Waals surface area contributed by atoms with Gasteiger partial charge in [-0.1, -0.05) is 38.4 Å². The summed E-state index contributed by atoms with van der Waals surface area (Å²) in [6, 6.07) is 7.37. The van der Waals surface area contributed by atoms with E-state index in [0.717, 1.165) is 0 Å². The topological polar surface area (TPSA) is 195 Å². The largest absolute Gasteiger partial charge is 0.392 e. The summed E-state index contributed by atoms with van der Waals surface area (Å²) in [4.78, 5) is 24.4. The summed E-state index contributed by atoms with van der Waals surface area (Å²) in [6.45, 7) is 6.96. The van der Waals surface area contributed by atoms with Crippen molar-refractivity contribution < 1.29 is 5.11 Å². The molecule has 11 nitrogen and oxygen atoms in total. The predicted octanol–water partition coefficient (Wildman–Crippen LogP) is 1.46. The molecule has 2 heterocycles. The van der Waals surface area contributed by atoms with Gasteiger partial charge in [-0.05, 0) is 18.6 Å². The van der Waals surface area contributed by atoms with Crippen LogP contribution in [0.1, 0.15) is 38.6 Å². The van der Waals surface area contributed by atoms with E-state index in [2.05, 4.69) is 20.3 Å². The maximum absolute atomic E-state index is 12.7. The van der Waals surface area contributed by atoms with Crippen LogP contribution in [0.15, 0.2) is 23.0 Å². The zero-order valence-corrected chi connectivity index (χ0v) is 20.2. The van der Waals surface area contributed by atoms with E-state index in [0.29, 0.717) is 53.7 Å². The molecule has 1 aromatic carbocycles. The highest BCUT2D eigenvalue weighted by Crippen LogP contribution is 2.19. The van der Waals surface area contributed by atoms with Gasteiger partial charge in [0, 0.05) is 25.6 Å². The fourth-order valence-corrected chi connectivity index (χ4v) is 3.40. The Kier molecular flexibility index (Phi) is 9.56. The second kappa shape index (κ2) is 12.1. The summed E-state index contributed by atoms with van der Waals surface area (Å²) in [5, 5.41) is 22.6. The average molecular weight is 488 g/mol. The molecule has 0 spiro atoms. The second-order valence-corrected chi connectivity index (χ2v) is 8.22. The van der Waals surface area contributed by atoms with E-state index in [1.165, 1.54) is 0 Å². The summed E-state index contributed by atoms with van der Waals surface area (Å²) < 4.78 is 1.63. The van der Waals surface area contributed by atoms with E-state index >= 15 is 0 Å². The molecule has 0 aliphatic carbocycles. The van der Waals surface area contributed by atoms with Crippen molar-refractivity contribution >= 4 is 40.1 Å². The predicted molar refractivity (Wildman–Crippen MR) is 134 cm³/mol. The lowest BCUT2D eigenvalue weighted by Crippen LogP contribution is -2.34. The van der Waals surface area contributed by atoms with Gasteiger partial charge in [-0.2, -0.15) is 15.2 Å². The van der Waals surface area contributed by atoms with Crippen LogP contribution in [0.25, 0.3) is 10.9 Å². The minimum absolute atomic E-state index is 0.0116. The van der Waals surface area contributed by atoms with Gasteiger partial charge in [0.1, 0.15) is 29.1 Å². The molecular weight excluding hydrogens is 458 g/mol. The third-order valence-electron chi connectivity index (χ3n) is 4.87. The molecule has 0 radical (unpaired) electrons. The minimum atomic E-state index is -0.504. The Balaban J connectivity index is 0.000000310. The molecule has 182 valence electrons. The fourth-order valence-electron chi connectivity index (χ4n) is 3.15. The van der Waals surface area contributed by atoms with Crippen LogP contribution in [0.2, 0.25) is 5.02 Å². The normalized spacial score (nSPS) is 11.7. The molecule has 0 saturated carbocycles. The monoisotopic (exact) mass is 487 g/mol. The first-order chi connectivity index (χ1) is 16.1. The van der Waals surface area contributed by atoms with E-state index < -0.39 is 6.10 Å². The Morgan fingerprint density at radius 3 is 2.41 bits per heavy atom. The van der Waals surface area contributed by atoms with E-state index in [-0.39, 0.29) is 28.7 Å². The number of aromatic nitrogens is 4. The lowest BCUT2D eigenvalue weighted by Gasteiger charge is -2.17. The van der Waals surface area contributed by atoms with Gasteiger partial charge in [0.05, 0.1) is 22.0 Å². The molecule has 0 aliphatic heterocycles. The van der Waals surface area contributed by atoms with Crippen molar-refractivity contribution in [3.8, 4) is 6.07 Å². The number of rotatable bonds is 7. The van der Waals surface area contributed by atoms with Crippen LogP contribution in [0.4, 0.5) is 17.6 Å². The first-order valence-electron chi connectivity index (χ1n) is 10.8. The van der Waals surface area contributed by atoms with Gasteiger partial charge >= 0.3 is 0 Å². The van der Waals surface area contributed by atoms with Crippen molar-refractivity contribution in [3.63, 3.8) is 0 Å². The van der Waals surface area contributed by atoms with Crippen LogP contribution in [0.3, 0.4) is 0 Å². The minimum Gasteiger partial charge on any atom is -0.392 e. The van der Waals surface area contributed by atoms with Crippen LogP contribution in [-0.4, -0.2) is 43.3 Å². The van der Waals surface area contributed by atoms with Gasteiger partial charge in [0.25, 0.3) is 5.56 Å². The van der Waals surface area contributed by atoms with Crippen LogP contribution in [0.5, 0.6) is 0 Å². The van der Waals surface area contributed by atoms with E-state index in [4.69, 9.17) is 34.1 Å². The van der Waals surface area contributed by atoms with E-state index in [1.807, 2.05) is 20.8 Å². The highest BCUT2D eigenvalue weighted by molar-refractivity contribution is 6.35. The van der Waals surface area contributed by atoms with E-state index in [1.54, 1.807) is 28.8 Å². The maximum atomic E-state index is 12.7. The van der Waals surface area contributed by atoms with Crippen molar-refractivity contribution in [2.45, 2.75) is 52.3 Å². The van der Waals surface area contributed by atoms with E-state index in [9.17, 15) is 9.90 Å². The number of nitrogens with two attached hydrogens (primary N) is 3. The molecule has 0 amide bonds. The summed E-state index contributed by atoms with van der Waals surface area (Å²) in [7, 11) is 0. The molecule has 0 saturated heterocycles. The molecule has 0 aliphatic rings. The van der Waals surface area contributed by atoms with Crippen molar-refractivity contribution in [2.24, 2.45) is 0 Å². The number of fused-ring (bicyclic) bond motifs is 1. The zero-order valence-electron chi connectivity index (χ0n) is 19.4. The summed E-state index contributed by atoms with van der Waals surface area (Å²) in [5.74, 6) is 0.711. The Morgan fingerprint density at radius 2 is 1.85 bits per heavy atom. The lowest BCUT2D eigenvalue weighted by atomic mass is 10.2. The molecule has 3 rings (SSSR count). The smallest absolute Gasteiger partial charge is 0.262 e. The van der Waals surface area contributed by atoms with Crippen LogP contribution < -0.4 is 28.1 Å². The Bertz CT molecular complexity index is 1210. The number of nitriles is 1. The Labute approximate surface area is 202 Å². The molecule has 0 fully saturated rings. The van der Waals surface area contributed by atoms with Gasteiger partial charge in [-0.15, -0.1) is 0 Å². The summed E-state index contributed by atoms with van der Waals surface area (Å²) >= 11 is 6.16. The number of hydrogen-bond acceptors (Lipinski definition) is 10. The highest BCUT2D eigenvalue weighted by atomic mass is 35.5. The molecule has 0 bridgehead atoms. The molecule has 1 atom stereocenters. The maximum Gasteiger partial charge on any atom is 0.262 e. The van der Waals surface area contributed by atoms with Gasteiger partial charge < -0.3 is 27.6 Å². The van der Waals surface area contributed by atoms with Gasteiger partial charge in [-0.3, -0.25) is 9.36 Å².